The standard InChI is InChI=1S/C27H26N6O5/c28-10-16-7-18-19(8-24(16)38-14-15-5-6-15)30-25(29-18)13-33-21-4-2-1-3-17(21)27(37)20(31-33)9-26(36)32-11-22(34)23(35)12-32/h1-4,7-8,15,22-23,34-35H,5-6,9,11-14H2,(H,29,30)/t22-,23-/m0/s1. The maximum Gasteiger partial charge on any atom is 0.228 e. The Labute approximate surface area is 216 Å². The van der Waals surface area contributed by atoms with E-state index < -0.39 is 18.1 Å². The molecule has 0 unspecified atom stereocenters. The van der Waals surface area contributed by atoms with Crippen LogP contribution in [0.2, 0.25) is 0 Å². The van der Waals surface area contributed by atoms with E-state index in [1.165, 1.54) is 4.90 Å². The third-order valence-corrected chi connectivity index (χ3v) is 7.08. The lowest BCUT2D eigenvalue weighted by atomic mass is 10.1. The van der Waals surface area contributed by atoms with Crippen molar-refractivity contribution in [3.63, 3.8) is 0 Å². The van der Waals surface area contributed by atoms with Crippen LogP contribution in [0, 0.1) is 17.2 Å². The fourth-order valence-electron chi connectivity index (χ4n) is 4.76. The second kappa shape index (κ2) is 9.55. The molecule has 2 aromatic carbocycles. The number of benzene rings is 2. The summed E-state index contributed by atoms with van der Waals surface area (Å²) in [4.78, 5) is 35.2. The molecule has 0 spiro atoms. The second-order valence-corrected chi connectivity index (χ2v) is 9.98. The Hall–Kier alpha value is -4.27. The largest absolute Gasteiger partial charge is 0.492 e. The van der Waals surface area contributed by atoms with Crippen LogP contribution in [0.15, 0.2) is 41.2 Å². The maximum absolute atomic E-state index is 13.2. The van der Waals surface area contributed by atoms with Crippen LogP contribution in [0.1, 0.15) is 29.9 Å². The molecule has 1 amide bonds. The van der Waals surface area contributed by atoms with Gasteiger partial charge in [-0.25, -0.2) is 4.98 Å². The van der Waals surface area contributed by atoms with Gasteiger partial charge in [-0.05, 0) is 37.0 Å². The number of amides is 1. The first kappa shape index (κ1) is 24.1. The van der Waals surface area contributed by atoms with Crippen molar-refractivity contribution >= 4 is 27.8 Å². The number of nitrogens with one attached hydrogen (secondary N) is 1. The Kier molecular flexibility index (Phi) is 6.06. The summed E-state index contributed by atoms with van der Waals surface area (Å²) in [6, 6.07) is 12.7. The van der Waals surface area contributed by atoms with Gasteiger partial charge in [-0.15, -0.1) is 0 Å². The lowest BCUT2D eigenvalue weighted by molar-refractivity contribution is -0.130. The molecule has 1 aliphatic carbocycles. The van der Waals surface area contributed by atoms with Gasteiger partial charge < -0.3 is 24.8 Å². The van der Waals surface area contributed by atoms with E-state index in [1.807, 2.05) is 0 Å². The summed E-state index contributed by atoms with van der Waals surface area (Å²) in [7, 11) is 0. The van der Waals surface area contributed by atoms with Gasteiger partial charge in [-0.1, -0.05) is 12.1 Å². The van der Waals surface area contributed by atoms with Gasteiger partial charge in [0.25, 0.3) is 0 Å². The summed E-state index contributed by atoms with van der Waals surface area (Å²) >= 11 is 0. The van der Waals surface area contributed by atoms with Crippen LogP contribution in [-0.2, 0) is 17.8 Å². The Morgan fingerprint density at radius 3 is 2.68 bits per heavy atom. The number of imidazole rings is 1. The summed E-state index contributed by atoms with van der Waals surface area (Å²) < 4.78 is 7.50. The summed E-state index contributed by atoms with van der Waals surface area (Å²) in [5, 5.41) is 34.1. The van der Waals surface area contributed by atoms with Crippen molar-refractivity contribution in [2.45, 2.75) is 38.0 Å². The quantitative estimate of drug-likeness (QED) is 0.331. The molecule has 1 saturated heterocycles. The van der Waals surface area contributed by atoms with Crippen LogP contribution in [0.4, 0.5) is 0 Å². The number of hydrogen-bond donors (Lipinski definition) is 3. The van der Waals surface area contributed by atoms with Gasteiger partial charge in [0.2, 0.25) is 11.3 Å². The third kappa shape index (κ3) is 4.60. The van der Waals surface area contributed by atoms with Crippen molar-refractivity contribution in [3.8, 4) is 11.8 Å². The minimum Gasteiger partial charge on any atom is -0.492 e. The number of fused-ring (bicyclic) bond motifs is 2. The first-order valence-corrected chi connectivity index (χ1v) is 12.6. The van der Waals surface area contributed by atoms with E-state index in [2.05, 4.69) is 21.1 Å². The maximum atomic E-state index is 13.2. The lowest BCUT2D eigenvalue weighted by Crippen LogP contribution is -2.33. The number of aliphatic hydroxyl groups is 2. The van der Waals surface area contributed by atoms with Gasteiger partial charge in [-0.3, -0.25) is 14.3 Å². The third-order valence-electron chi connectivity index (χ3n) is 7.08. The van der Waals surface area contributed by atoms with Gasteiger partial charge in [0.05, 0.1) is 53.9 Å². The van der Waals surface area contributed by atoms with Crippen LogP contribution >= 0.6 is 0 Å². The zero-order chi connectivity index (χ0) is 26.4. The fraction of sp³-hybridized carbons (Fsp3) is 0.370. The molecule has 2 aromatic heterocycles. The molecule has 2 fully saturated rings. The molecule has 1 saturated carbocycles. The topological polar surface area (TPSA) is 157 Å². The monoisotopic (exact) mass is 514 g/mol. The predicted molar refractivity (Wildman–Crippen MR) is 136 cm³/mol. The highest BCUT2D eigenvalue weighted by molar-refractivity contribution is 5.83. The smallest absolute Gasteiger partial charge is 0.228 e. The lowest BCUT2D eigenvalue weighted by Gasteiger charge is -2.16. The molecule has 6 rings (SSSR count). The molecule has 4 aromatic rings. The molecule has 38 heavy (non-hydrogen) atoms. The number of nitrogens with zero attached hydrogens (tertiary/aromatic N) is 5. The predicted octanol–water partition coefficient (Wildman–Crippen LogP) is 1.09. The number of para-hydroxylation sites is 1. The van der Waals surface area contributed by atoms with Crippen molar-refractivity contribution in [3.05, 3.63) is 63.7 Å². The van der Waals surface area contributed by atoms with Crippen LogP contribution in [0.5, 0.6) is 5.75 Å². The number of aliphatic hydroxyl groups excluding tert-OH is 2. The summed E-state index contributed by atoms with van der Waals surface area (Å²) in [6.07, 6.45) is 0.0269. The van der Waals surface area contributed by atoms with E-state index in [1.54, 1.807) is 41.1 Å². The first-order chi connectivity index (χ1) is 18.4. The van der Waals surface area contributed by atoms with Gasteiger partial charge in [-0.2, -0.15) is 10.4 Å². The minimum atomic E-state index is -1.01. The van der Waals surface area contributed by atoms with E-state index >= 15 is 0 Å². The average Bonchev–Trinajstić information content (AvgIpc) is 3.57. The fourth-order valence-corrected chi connectivity index (χ4v) is 4.76. The van der Waals surface area contributed by atoms with E-state index in [-0.39, 0.29) is 37.2 Å². The average molecular weight is 515 g/mol. The zero-order valence-corrected chi connectivity index (χ0v) is 20.5. The van der Waals surface area contributed by atoms with Gasteiger partial charge in [0.15, 0.2) is 0 Å². The molecule has 3 N–H and O–H groups in total. The van der Waals surface area contributed by atoms with Crippen molar-refractivity contribution in [2.24, 2.45) is 5.92 Å². The Morgan fingerprint density at radius 1 is 1.18 bits per heavy atom. The number of nitriles is 1. The van der Waals surface area contributed by atoms with E-state index in [0.29, 0.717) is 51.6 Å². The normalized spacial score (nSPS) is 19.2. The molecule has 2 aliphatic rings. The SMILES string of the molecule is N#Cc1cc2[nH]c(Cn3nc(CC(=O)N4C[C@H](O)[C@@H](O)C4)c(=O)c4ccccc43)nc2cc1OCC1CC1. The number of carbonyl (C=O) groups excluding carboxylic acids is 1. The number of ether oxygens (including phenoxy) is 1. The number of likely N-dealkylation sites (tertiary alicyclic amines) is 1. The Balaban J connectivity index is 1.32. The highest BCUT2D eigenvalue weighted by Crippen LogP contribution is 2.31. The Morgan fingerprint density at radius 2 is 1.95 bits per heavy atom. The molecular formula is C27H26N6O5. The number of β-amino-alcohol motifs (C(OH)–C–C–N with tert-alkyl or cyclic N) is 2. The van der Waals surface area contributed by atoms with Crippen molar-refractivity contribution < 1.29 is 19.7 Å². The van der Waals surface area contributed by atoms with Gasteiger partial charge in [0.1, 0.15) is 23.3 Å². The molecule has 2 atom stereocenters. The number of rotatable bonds is 7. The summed E-state index contributed by atoms with van der Waals surface area (Å²) in [5.74, 6) is 1.23. The molecule has 0 radical (unpaired) electrons. The first-order valence-electron chi connectivity index (χ1n) is 12.6. The highest BCUT2D eigenvalue weighted by Gasteiger charge is 2.33. The van der Waals surface area contributed by atoms with E-state index in [4.69, 9.17) is 4.74 Å². The van der Waals surface area contributed by atoms with Crippen molar-refractivity contribution in [1.82, 2.24) is 24.6 Å². The van der Waals surface area contributed by atoms with Gasteiger partial charge in [0, 0.05) is 24.5 Å². The number of H-pyrrole nitrogens is 1. The van der Waals surface area contributed by atoms with Crippen molar-refractivity contribution in [2.75, 3.05) is 19.7 Å². The molecule has 194 valence electrons. The summed E-state index contributed by atoms with van der Waals surface area (Å²) in [6.45, 7) is 0.801. The summed E-state index contributed by atoms with van der Waals surface area (Å²) in [5.41, 5.74) is 2.08. The zero-order valence-electron chi connectivity index (χ0n) is 20.5. The van der Waals surface area contributed by atoms with Crippen LogP contribution < -0.4 is 10.2 Å². The highest BCUT2D eigenvalue weighted by atomic mass is 16.5. The van der Waals surface area contributed by atoms with Crippen LogP contribution in [0.25, 0.3) is 21.9 Å². The van der Waals surface area contributed by atoms with Gasteiger partial charge >= 0.3 is 0 Å². The number of aromatic nitrogens is 4. The second-order valence-electron chi connectivity index (χ2n) is 9.98. The van der Waals surface area contributed by atoms with Crippen LogP contribution in [-0.4, -0.2) is 72.7 Å². The number of hydrogen-bond acceptors (Lipinski definition) is 8. The molecule has 1 aliphatic heterocycles. The molecule has 3 heterocycles. The molecule has 11 nitrogen and oxygen atoms in total. The number of carbonyl (C=O) groups is 1. The van der Waals surface area contributed by atoms with Crippen LogP contribution in [0.3, 0.4) is 0 Å². The van der Waals surface area contributed by atoms with E-state index in [0.717, 1.165) is 12.8 Å². The molecular weight excluding hydrogens is 488 g/mol. The van der Waals surface area contributed by atoms with Crippen molar-refractivity contribution in [1.29, 1.82) is 5.26 Å². The molecule has 11 heteroatoms. The molecule has 0 bridgehead atoms. The minimum absolute atomic E-state index is 0.0117. The number of aromatic amines is 1. The Bertz CT molecular complexity index is 1640. The van der Waals surface area contributed by atoms with E-state index in [9.17, 15) is 25.1 Å².